The van der Waals surface area contributed by atoms with Crippen molar-refractivity contribution < 1.29 is 9.90 Å². The van der Waals surface area contributed by atoms with Gasteiger partial charge in [0.15, 0.2) is 6.10 Å². The number of carbonyl (C=O) groups is 1. The molecule has 1 aliphatic rings. The fourth-order valence-electron chi connectivity index (χ4n) is 2.23. The minimum absolute atomic E-state index is 0.218. The Balaban J connectivity index is 1.77. The van der Waals surface area contributed by atoms with E-state index in [-0.39, 0.29) is 11.9 Å². The number of aromatic nitrogens is 1. The smallest absolute Gasteiger partial charge is 0.256 e. The van der Waals surface area contributed by atoms with E-state index in [4.69, 9.17) is 11.6 Å². The Bertz CT molecular complexity index is 628. The van der Waals surface area contributed by atoms with Crippen LogP contribution in [-0.2, 0) is 11.3 Å². The van der Waals surface area contributed by atoms with Crippen molar-refractivity contribution in [2.45, 2.75) is 31.5 Å². The highest BCUT2D eigenvalue weighted by molar-refractivity contribution is 7.09. The van der Waals surface area contributed by atoms with Crippen LogP contribution < -0.4 is 0 Å². The molecular weight excluding hydrogens is 308 g/mol. The molecule has 1 atom stereocenters. The molecule has 1 N–H and O–H groups in total. The Morgan fingerprint density at radius 3 is 2.95 bits per heavy atom. The molecule has 1 heterocycles. The van der Waals surface area contributed by atoms with Gasteiger partial charge in [0.25, 0.3) is 5.91 Å². The number of amides is 1. The normalized spacial score (nSPS) is 15.7. The van der Waals surface area contributed by atoms with Crippen molar-refractivity contribution >= 4 is 28.8 Å². The lowest BCUT2D eigenvalue weighted by molar-refractivity contribution is -0.141. The number of aliphatic hydroxyl groups is 1. The van der Waals surface area contributed by atoms with Crippen LogP contribution in [0, 0.1) is 0 Å². The van der Waals surface area contributed by atoms with Crippen LogP contribution in [0.15, 0.2) is 35.8 Å². The van der Waals surface area contributed by atoms with Crippen molar-refractivity contribution in [3.63, 3.8) is 0 Å². The molecule has 3 rings (SSSR count). The van der Waals surface area contributed by atoms with Crippen LogP contribution in [0.25, 0.3) is 0 Å². The zero-order chi connectivity index (χ0) is 14.8. The Morgan fingerprint density at radius 1 is 1.52 bits per heavy atom. The molecule has 2 aromatic rings. The molecule has 0 radical (unpaired) electrons. The third-order valence-electron chi connectivity index (χ3n) is 3.46. The standard InChI is InChI=1S/C15H15ClN2O2S/c16-11-3-1-2-10(8-11)14(19)15(20)18(12-4-5-12)9-13-17-6-7-21-13/h1-3,6-8,12,14,19H,4-5,9H2/t14-/m0/s1. The minimum Gasteiger partial charge on any atom is -0.378 e. The summed E-state index contributed by atoms with van der Waals surface area (Å²) in [5, 5.41) is 13.6. The molecule has 4 nitrogen and oxygen atoms in total. The van der Waals surface area contributed by atoms with Gasteiger partial charge in [-0.15, -0.1) is 11.3 Å². The van der Waals surface area contributed by atoms with Gasteiger partial charge >= 0.3 is 0 Å². The summed E-state index contributed by atoms with van der Waals surface area (Å²) in [7, 11) is 0. The van der Waals surface area contributed by atoms with E-state index in [9.17, 15) is 9.90 Å². The van der Waals surface area contributed by atoms with Crippen molar-refractivity contribution in [3.05, 3.63) is 51.4 Å². The summed E-state index contributed by atoms with van der Waals surface area (Å²) < 4.78 is 0. The summed E-state index contributed by atoms with van der Waals surface area (Å²) in [5.41, 5.74) is 0.525. The van der Waals surface area contributed by atoms with E-state index >= 15 is 0 Å². The molecule has 0 unspecified atom stereocenters. The Hall–Kier alpha value is -1.43. The van der Waals surface area contributed by atoms with Gasteiger partial charge in [-0.05, 0) is 30.5 Å². The number of halogens is 1. The van der Waals surface area contributed by atoms with Gasteiger partial charge in [-0.1, -0.05) is 23.7 Å². The molecule has 1 aliphatic carbocycles. The number of thiazole rings is 1. The summed E-state index contributed by atoms with van der Waals surface area (Å²) in [6, 6.07) is 7.00. The molecule has 6 heteroatoms. The van der Waals surface area contributed by atoms with Crippen LogP contribution in [0.2, 0.25) is 5.02 Å². The summed E-state index contributed by atoms with van der Waals surface area (Å²) in [6.07, 6.45) is 2.52. The Labute approximate surface area is 132 Å². The van der Waals surface area contributed by atoms with Crippen LogP contribution in [0.4, 0.5) is 0 Å². The Morgan fingerprint density at radius 2 is 2.33 bits per heavy atom. The quantitative estimate of drug-likeness (QED) is 0.920. The molecule has 0 bridgehead atoms. The van der Waals surface area contributed by atoms with Crippen LogP contribution in [-0.4, -0.2) is 26.9 Å². The monoisotopic (exact) mass is 322 g/mol. The third-order valence-corrected chi connectivity index (χ3v) is 4.46. The topological polar surface area (TPSA) is 53.4 Å². The molecule has 1 fully saturated rings. The van der Waals surface area contributed by atoms with E-state index in [1.54, 1.807) is 35.4 Å². The largest absolute Gasteiger partial charge is 0.378 e. The molecule has 21 heavy (non-hydrogen) atoms. The molecular formula is C15H15ClN2O2S. The lowest BCUT2D eigenvalue weighted by Gasteiger charge is -2.24. The minimum atomic E-state index is -1.18. The lowest BCUT2D eigenvalue weighted by Crippen LogP contribution is -2.36. The van der Waals surface area contributed by atoms with Gasteiger partial charge in [0, 0.05) is 22.6 Å². The SMILES string of the molecule is O=C([C@@H](O)c1cccc(Cl)c1)N(Cc1nccs1)C1CC1. The van der Waals surface area contributed by atoms with Gasteiger partial charge in [-0.3, -0.25) is 4.79 Å². The predicted molar refractivity (Wildman–Crippen MR) is 82.1 cm³/mol. The van der Waals surface area contributed by atoms with Gasteiger partial charge < -0.3 is 10.0 Å². The van der Waals surface area contributed by atoms with Crippen molar-refractivity contribution in [2.24, 2.45) is 0 Å². The van der Waals surface area contributed by atoms with Gasteiger partial charge in [0.2, 0.25) is 0 Å². The van der Waals surface area contributed by atoms with E-state index in [0.717, 1.165) is 17.8 Å². The molecule has 1 amide bonds. The summed E-state index contributed by atoms with van der Waals surface area (Å²) in [4.78, 5) is 18.5. The van der Waals surface area contributed by atoms with Crippen molar-refractivity contribution in [2.75, 3.05) is 0 Å². The number of aliphatic hydroxyl groups excluding tert-OH is 1. The summed E-state index contributed by atoms with van der Waals surface area (Å²) in [5.74, 6) is -0.282. The lowest BCUT2D eigenvalue weighted by atomic mass is 10.1. The van der Waals surface area contributed by atoms with E-state index in [1.165, 1.54) is 11.3 Å². The summed E-state index contributed by atoms with van der Waals surface area (Å²) >= 11 is 7.43. The number of rotatable bonds is 5. The molecule has 1 aromatic carbocycles. The molecule has 0 saturated heterocycles. The molecule has 1 saturated carbocycles. The van der Waals surface area contributed by atoms with Crippen LogP contribution in [0.1, 0.15) is 29.5 Å². The van der Waals surface area contributed by atoms with E-state index < -0.39 is 6.10 Å². The second-order valence-corrected chi connectivity index (χ2v) is 6.50. The first-order valence-electron chi connectivity index (χ1n) is 6.77. The van der Waals surface area contributed by atoms with Gasteiger partial charge in [0.05, 0.1) is 6.54 Å². The highest BCUT2D eigenvalue weighted by atomic mass is 35.5. The van der Waals surface area contributed by atoms with Gasteiger partial charge in [0.1, 0.15) is 5.01 Å². The van der Waals surface area contributed by atoms with Crippen molar-refractivity contribution in [3.8, 4) is 0 Å². The number of hydrogen-bond donors (Lipinski definition) is 1. The van der Waals surface area contributed by atoms with Crippen LogP contribution in [0.5, 0.6) is 0 Å². The first-order valence-corrected chi connectivity index (χ1v) is 8.03. The zero-order valence-corrected chi connectivity index (χ0v) is 12.8. The van der Waals surface area contributed by atoms with Crippen LogP contribution >= 0.6 is 22.9 Å². The molecule has 1 aromatic heterocycles. The molecule has 0 spiro atoms. The highest BCUT2D eigenvalue weighted by Crippen LogP contribution is 2.31. The number of carbonyl (C=O) groups excluding carboxylic acids is 1. The number of nitrogens with zero attached hydrogens (tertiary/aromatic N) is 2. The summed E-state index contributed by atoms with van der Waals surface area (Å²) in [6.45, 7) is 0.457. The van der Waals surface area contributed by atoms with Gasteiger partial charge in [-0.2, -0.15) is 0 Å². The zero-order valence-electron chi connectivity index (χ0n) is 11.3. The average molecular weight is 323 g/mol. The molecule has 0 aliphatic heterocycles. The van der Waals surface area contributed by atoms with Crippen molar-refractivity contribution in [1.82, 2.24) is 9.88 Å². The third kappa shape index (κ3) is 3.43. The average Bonchev–Trinajstić information content (AvgIpc) is 3.20. The fourth-order valence-corrected chi connectivity index (χ4v) is 3.04. The van der Waals surface area contributed by atoms with Crippen molar-refractivity contribution in [1.29, 1.82) is 0 Å². The number of hydrogen-bond acceptors (Lipinski definition) is 4. The highest BCUT2D eigenvalue weighted by Gasteiger charge is 2.36. The molecule has 110 valence electrons. The first kappa shape index (κ1) is 14.5. The first-order chi connectivity index (χ1) is 10.1. The Kier molecular flexibility index (Phi) is 4.24. The van der Waals surface area contributed by atoms with E-state index in [0.29, 0.717) is 17.1 Å². The maximum Gasteiger partial charge on any atom is 0.256 e. The fraction of sp³-hybridized carbons (Fsp3) is 0.333. The predicted octanol–water partition coefficient (Wildman–Crippen LogP) is 3.02. The number of benzene rings is 1. The second kappa shape index (κ2) is 6.13. The second-order valence-electron chi connectivity index (χ2n) is 5.08. The van der Waals surface area contributed by atoms with Gasteiger partial charge in [-0.25, -0.2) is 4.98 Å². The maximum atomic E-state index is 12.6. The van der Waals surface area contributed by atoms with E-state index in [1.807, 2.05) is 5.38 Å². The van der Waals surface area contributed by atoms with E-state index in [2.05, 4.69) is 4.98 Å². The maximum absolute atomic E-state index is 12.6. The van der Waals surface area contributed by atoms with Crippen LogP contribution in [0.3, 0.4) is 0 Å².